The van der Waals surface area contributed by atoms with Crippen molar-refractivity contribution < 1.29 is 46.0 Å². The minimum Gasteiger partial charge on any atom is -0.494 e. The number of imide groups is 1. The Bertz CT molecular complexity index is 2850. The molecular weight excluding hydrogens is 944 g/mol. The monoisotopic (exact) mass is 998 g/mol. The van der Waals surface area contributed by atoms with Crippen LogP contribution in [-0.4, -0.2) is 127 Å². The number of aromatic nitrogens is 2. The van der Waals surface area contributed by atoms with Crippen LogP contribution in [0, 0.1) is 11.8 Å². The summed E-state index contributed by atoms with van der Waals surface area (Å²) in [7, 11) is -1.50. The average molecular weight is 999 g/mol. The van der Waals surface area contributed by atoms with Gasteiger partial charge in [-0.15, -0.1) is 0 Å². The molecule has 0 saturated carbocycles. The molecule has 0 aliphatic carbocycles. The quantitative estimate of drug-likeness (QED) is 0.0258. The van der Waals surface area contributed by atoms with E-state index in [0.717, 1.165) is 63.1 Å². The lowest BCUT2D eigenvalue weighted by Crippen LogP contribution is -2.53. The maximum atomic E-state index is 14.2. The maximum absolute atomic E-state index is 14.2. The molecule has 5 heterocycles. The minimum absolute atomic E-state index is 0.172. The van der Waals surface area contributed by atoms with Crippen LogP contribution in [0.25, 0.3) is 0 Å². The summed E-state index contributed by atoms with van der Waals surface area (Å²) in [6.07, 6.45) is -0.539. The van der Waals surface area contributed by atoms with Gasteiger partial charge in [-0.25, -0.2) is 9.37 Å². The molecule has 3 fully saturated rings. The van der Waals surface area contributed by atoms with Crippen LogP contribution in [0.5, 0.6) is 5.75 Å². The topological polar surface area (TPSA) is 181 Å². The van der Waals surface area contributed by atoms with Gasteiger partial charge in [0.1, 0.15) is 30.3 Å². The van der Waals surface area contributed by atoms with Gasteiger partial charge >= 0.3 is 6.18 Å². The molecular formula is C50H55F4N10O6P. The number of anilines is 6. The molecule has 0 radical (unpaired) electrons. The number of ether oxygens (including phenoxy) is 1. The van der Waals surface area contributed by atoms with E-state index in [2.05, 4.69) is 64.4 Å². The van der Waals surface area contributed by atoms with Gasteiger partial charge in [0.25, 0.3) is 11.8 Å². The molecule has 4 aliphatic heterocycles. The number of hydrogen-bond donors (Lipinski definition) is 4. The van der Waals surface area contributed by atoms with Crippen LogP contribution < -0.4 is 36.2 Å². The highest BCUT2D eigenvalue weighted by molar-refractivity contribution is 7.70. The second-order valence-electron chi connectivity index (χ2n) is 18.2. The Labute approximate surface area is 408 Å². The second-order valence-corrected chi connectivity index (χ2v) is 21.4. The Kier molecular flexibility index (Phi) is 15.2. The number of amides is 4. The predicted octanol–water partition coefficient (Wildman–Crippen LogP) is 6.84. The predicted molar refractivity (Wildman–Crippen MR) is 263 cm³/mol. The number of piperazine rings is 1. The lowest BCUT2D eigenvalue weighted by atomic mass is 10.0. The second kappa shape index (κ2) is 21.3. The van der Waals surface area contributed by atoms with Crippen LogP contribution in [0.4, 0.5) is 52.1 Å². The van der Waals surface area contributed by atoms with Crippen molar-refractivity contribution in [1.82, 2.24) is 30.0 Å². The molecule has 4 amide bonds. The zero-order chi connectivity index (χ0) is 50.6. The van der Waals surface area contributed by atoms with Crippen LogP contribution in [0.15, 0.2) is 73.2 Å². The van der Waals surface area contributed by atoms with Crippen LogP contribution in [-0.2, 0) is 31.7 Å². The van der Waals surface area contributed by atoms with E-state index in [4.69, 9.17) is 4.74 Å². The molecule has 4 aromatic rings. The number of para-hydroxylation sites is 1. The standard InChI is InChI=1S/C50H55F4N10O6P/c1-31(51)46(66)57-38-27-39(58-49-55-29-36(50(52,53)54)45(60-49)56-37-14-7-8-15-43(37)71(3,4)69)42(70-2)28-41(38)63-21-18-33(19-22-63)62-25-23-61(24-26-62)20-9-5-6-11-32-12-10-13-34-35(32)30-64(48(34)68)40-16-17-44(65)59-47(40)67/h7-8,10,12-15,27-29,33,40H,1,5,9,16-26,30H2,2-4H3,(H,57,66)(H,59,65,67)(H2,55,56,58,60). The smallest absolute Gasteiger partial charge is 0.421 e. The third-order valence-electron chi connectivity index (χ3n) is 13.2. The number of nitrogens with one attached hydrogen (secondary N) is 4. The van der Waals surface area contributed by atoms with Crippen molar-refractivity contribution in [2.45, 2.75) is 63.3 Å². The fourth-order valence-corrected chi connectivity index (χ4v) is 10.7. The van der Waals surface area contributed by atoms with Gasteiger partial charge in [0.2, 0.25) is 17.8 Å². The Morgan fingerprint density at radius 1 is 0.958 bits per heavy atom. The number of benzene rings is 3. The third kappa shape index (κ3) is 11.7. The number of carbonyl (C=O) groups excluding carboxylic acids is 4. The number of carbonyl (C=O) groups is 4. The van der Waals surface area contributed by atoms with Crippen molar-refractivity contribution in [2.24, 2.45) is 0 Å². The molecule has 0 spiro atoms. The molecule has 4 N–H and O–H groups in total. The number of rotatable bonds is 14. The molecule has 3 aromatic carbocycles. The normalized spacial score (nSPS) is 18.1. The Hall–Kier alpha value is -6.81. The Morgan fingerprint density at radius 3 is 2.39 bits per heavy atom. The summed E-state index contributed by atoms with van der Waals surface area (Å²) in [6, 6.07) is 14.5. The van der Waals surface area contributed by atoms with E-state index < -0.39 is 48.4 Å². The highest BCUT2D eigenvalue weighted by Gasteiger charge is 2.40. The molecule has 16 nitrogen and oxygen atoms in total. The van der Waals surface area contributed by atoms with E-state index in [1.807, 2.05) is 6.07 Å². The summed E-state index contributed by atoms with van der Waals surface area (Å²) < 4.78 is 75.6. The highest BCUT2D eigenvalue weighted by Crippen LogP contribution is 2.42. The number of halogens is 4. The van der Waals surface area contributed by atoms with E-state index in [-0.39, 0.29) is 53.5 Å². The van der Waals surface area contributed by atoms with Crippen LogP contribution in [0.3, 0.4) is 0 Å². The molecule has 1 aromatic heterocycles. The number of unbranched alkanes of at least 4 members (excludes halogenated alkanes) is 1. The summed E-state index contributed by atoms with van der Waals surface area (Å²) in [6.45, 7) is 12.1. The van der Waals surface area contributed by atoms with Crippen LogP contribution >= 0.6 is 7.14 Å². The first-order valence-electron chi connectivity index (χ1n) is 23.4. The van der Waals surface area contributed by atoms with Gasteiger partial charge in [-0.05, 0) is 81.5 Å². The van der Waals surface area contributed by atoms with E-state index in [1.165, 1.54) is 37.5 Å². The van der Waals surface area contributed by atoms with E-state index in [0.29, 0.717) is 54.7 Å². The van der Waals surface area contributed by atoms with Crippen molar-refractivity contribution in [3.8, 4) is 17.6 Å². The molecule has 21 heteroatoms. The Balaban J connectivity index is 0.872. The number of piperidine rings is 2. The van der Waals surface area contributed by atoms with Crippen molar-refractivity contribution >= 4 is 70.6 Å². The number of alkyl halides is 3. The molecule has 1 unspecified atom stereocenters. The average Bonchev–Trinajstić information content (AvgIpc) is 3.67. The van der Waals surface area contributed by atoms with Gasteiger partial charge in [0.05, 0.1) is 29.9 Å². The fraction of sp³-hybridized carbons (Fsp3) is 0.400. The molecule has 3 saturated heterocycles. The zero-order valence-electron chi connectivity index (χ0n) is 39.6. The number of fused-ring (bicyclic) bond motifs is 1. The van der Waals surface area contributed by atoms with E-state index >= 15 is 0 Å². The summed E-state index contributed by atoms with van der Waals surface area (Å²) in [4.78, 5) is 66.7. The minimum atomic E-state index is -4.84. The van der Waals surface area contributed by atoms with Crippen molar-refractivity contribution in [3.05, 3.63) is 95.5 Å². The van der Waals surface area contributed by atoms with Crippen molar-refractivity contribution in [1.29, 1.82) is 0 Å². The molecule has 8 rings (SSSR count). The number of hydrogen-bond acceptors (Lipinski definition) is 13. The highest BCUT2D eigenvalue weighted by atomic mass is 31.2. The number of methoxy groups -OCH3 is 1. The Morgan fingerprint density at radius 2 is 1.70 bits per heavy atom. The maximum Gasteiger partial charge on any atom is 0.421 e. The van der Waals surface area contributed by atoms with Crippen molar-refractivity contribution in [2.75, 3.05) is 87.1 Å². The summed E-state index contributed by atoms with van der Waals surface area (Å²) in [5, 5.41) is 10.9. The van der Waals surface area contributed by atoms with Gasteiger partial charge in [0.15, 0.2) is 5.83 Å². The molecule has 0 bridgehead atoms. The fourth-order valence-electron chi connectivity index (χ4n) is 9.50. The lowest BCUT2D eigenvalue weighted by molar-refractivity contribution is -0.138. The summed E-state index contributed by atoms with van der Waals surface area (Å²) in [5.41, 5.74) is 2.07. The van der Waals surface area contributed by atoms with Crippen LogP contribution in [0.2, 0.25) is 0 Å². The first kappa shape index (κ1) is 50.6. The van der Waals surface area contributed by atoms with E-state index in [1.54, 1.807) is 36.4 Å². The van der Waals surface area contributed by atoms with E-state index in [9.17, 15) is 41.3 Å². The van der Waals surface area contributed by atoms with Gasteiger partial charge in [-0.2, -0.15) is 18.2 Å². The van der Waals surface area contributed by atoms with Gasteiger partial charge < -0.3 is 40.0 Å². The molecule has 71 heavy (non-hydrogen) atoms. The SMILES string of the molecule is C=C(F)C(=O)Nc1cc(Nc2ncc(C(F)(F)F)c(Nc3ccccc3P(C)(C)=O)n2)c(OC)cc1N1CCC(N2CCN(CCCC#Cc3cccc4c3CN(C3CCC(=O)NC3=O)C4=O)CC2)CC1. The third-order valence-corrected chi connectivity index (χ3v) is 14.8. The van der Waals surface area contributed by atoms with Gasteiger partial charge in [-0.3, -0.25) is 29.4 Å². The largest absolute Gasteiger partial charge is 0.494 e. The molecule has 4 aliphatic rings. The first-order valence-corrected chi connectivity index (χ1v) is 26.0. The first-order chi connectivity index (χ1) is 33.9. The zero-order valence-corrected chi connectivity index (χ0v) is 40.5. The van der Waals surface area contributed by atoms with Gasteiger partial charge in [-0.1, -0.05) is 36.6 Å². The molecule has 1 atom stereocenters. The van der Waals surface area contributed by atoms with Crippen LogP contribution in [0.1, 0.15) is 65.6 Å². The summed E-state index contributed by atoms with van der Waals surface area (Å²) >= 11 is 0. The van der Waals surface area contributed by atoms with Gasteiger partial charge in [0, 0.05) is 93.4 Å². The summed E-state index contributed by atoms with van der Waals surface area (Å²) in [5.74, 6) is 2.67. The molecule has 374 valence electrons. The van der Waals surface area contributed by atoms with Crippen molar-refractivity contribution in [3.63, 3.8) is 0 Å². The lowest BCUT2D eigenvalue weighted by Gasteiger charge is -2.43. The number of nitrogens with zero attached hydrogens (tertiary/aromatic N) is 6.